The Kier molecular flexibility index (Phi) is 6.55. The molecule has 0 aliphatic carbocycles. The van der Waals surface area contributed by atoms with E-state index in [9.17, 15) is 4.79 Å². The predicted octanol–water partition coefficient (Wildman–Crippen LogP) is 3.63. The monoisotopic (exact) mass is 494 g/mol. The Morgan fingerprint density at radius 3 is 2.66 bits per heavy atom. The van der Waals surface area contributed by atoms with Crippen molar-refractivity contribution < 1.29 is 14.6 Å². The van der Waals surface area contributed by atoms with Gasteiger partial charge in [0.15, 0.2) is 0 Å². The molecule has 0 atom stereocenters. The van der Waals surface area contributed by atoms with E-state index in [1.54, 1.807) is 18.3 Å². The number of hydrazine groups is 1. The first-order chi connectivity index (χ1) is 15.5. The summed E-state index contributed by atoms with van der Waals surface area (Å²) in [5.41, 5.74) is 1.75. The molecule has 4 rings (SSSR count). The highest BCUT2D eigenvalue weighted by Crippen LogP contribution is 2.26. The number of hydrogen-bond donors (Lipinski definition) is 3. The fraction of sp³-hybridized carbons (Fsp3) is 0.0909. The average Bonchev–Trinajstić information content (AvgIpc) is 2.80. The molecular formula is C22H19BrN6O3. The second kappa shape index (κ2) is 9.69. The first-order valence-corrected chi connectivity index (χ1v) is 10.4. The summed E-state index contributed by atoms with van der Waals surface area (Å²) in [7, 11) is 0. The molecule has 0 saturated heterocycles. The van der Waals surface area contributed by atoms with E-state index in [1.165, 1.54) is 12.3 Å². The number of anilines is 2. The van der Waals surface area contributed by atoms with Gasteiger partial charge in [-0.25, -0.2) is 15.8 Å². The van der Waals surface area contributed by atoms with E-state index < -0.39 is 5.91 Å². The number of benzene rings is 2. The summed E-state index contributed by atoms with van der Waals surface area (Å²) >= 11 is 3.41. The van der Waals surface area contributed by atoms with Crippen LogP contribution in [0.5, 0.6) is 11.5 Å². The van der Waals surface area contributed by atoms with Crippen LogP contribution in [0.2, 0.25) is 0 Å². The fourth-order valence-electron chi connectivity index (χ4n) is 2.88. The van der Waals surface area contributed by atoms with Crippen molar-refractivity contribution in [3.63, 3.8) is 0 Å². The average molecular weight is 495 g/mol. The minimum absolute atomic E-state index is 0.00887. The number of aliphatic hydroxyl groups is 1. The van der Waals surface area contributed by atoms with Crippen LogP contribution in [0.4, 0.5) is 11.6 Å². The van der Waals surface area contributed by atoms with Crippen molar-refractivity contribution in [2.75, 3.05) is 18.5 Å². The molecule has 0 fully saturated rings. The van der Waals surface area contributed by atoms with E-state index in [0.717, 1.165) is 26.1 Å². The third-order valence-electron chi connectivity index (χ3n) is 4.44. The van der Waals surface area contributed by atoms with Crippen LogP contribution < -0.4 is 15.9 Å². The van der Waals surface area contributed by atoms with Crippen LogP contribution >= 0.6 is 15.9 Å². The number of ether oxygens (including phenoxy) is 1. The minimum Gasteiger partial charge on any atom is -0.457 e. The van der Waals surface area contributed by atoms with Crippen LogP contribution in [-0.2, 0) is 0 Å². The van der Waals surface area contributed by atoms with Crippen molar-refractivity contribution in [1.29, 1.82) is 0 Å². The Bertz CT molecular complexity index is 1250. The van der Waals surface area contributed by atoms with E-state index in [2.05, 4.69) is 36.2 Å². The van der Waals surface area contributed by atoms with E-state index in [-0.39, 0.29) is 18.8 Å². The molecule has 9 nitrogen and oxygen atoms in total. The highest BCUT2D eigenvalue weighted by Gasteiger charge is 2.14. The van der Waals surface area contributed by atoms with Crippen LogP contribution in [0, 0.1) is 0 Å². The number of fused-ring (bicyclic) bond motifs is 1. The molecule has 32 heavy (non-hydrogen) atoms. The number of aliphatic hydroxyl groups excluding tert-OH is 1. The third-order valence-corrected chi connectivity index (χ3v) is 4.97. The number of carbonyl (C=O) groups excluding carboxylic acids is 1. The maximum atomic E-state index is 12.2. The van der Waals surface area contributed by atoms with E-state index in [0.29, 0.717) is 17.4 Å². The van der Waals surface area contributed by atoms with Crippen molar-refractivity contribution in [2.24, 2.45) is 5.84 Å². The van der Waals surface area contributed by atoms with Crippen LogP contribution in [0.15, 0.2) is 71.5 Å². The summed E-state index contributed by atoms with van der Waals surface area (Å²) in [6, 6.07) is 16.3. The maximum absolute atomic E-state index is 12.2. The summed E-state index contributed by atoms with van der Waals surface area (Å²) in [6.07, 6.45) is 3.17. The van der Waals surface area contributed by atoms with Crippen LogP contribution in [-0.4, -0.2) is 44.1 Å². The molecule has 0 aliphatic heterocycles. The lowest BCUT2D eigenvalue weighted by atomic mass is 10.2. The second-order valence-corrected chi connectivity index (χ2v) is 7.66. The molecule has 0 radical (unpaired) electrons. The molecule has 2 heterocycles. The Morgan fingerprint density at radius 2 is 1.88 bits per heavy atom. The second-order valence-electron chi connectivity index (χ2n) is 6.75. The highest BCUT2D eigenvalue weighted by molar-refractivity contribution is 9.10. The SMILES string of the molecule is NN(CCO)C(=O)c1cc(Oc2ccc3nc(Nc4ccc(Br)cc4)ncc3c2)ccn1. The summed E-state index contributed by atoms with van der Waals surface area (Å²) in [5, 5.41) is 13.8. The summed E-state index contributed by atoms with van der Waals surface area (Å²) in [6.45, 7) is -0.229. The van der Waals surface area contributed by atoms with Crippen molar-refractivity contribution >= 4 is 44.4 Å². The number of nitrogens with two attached hydrogens (primary N) is 1. The lowest BCUT2D eigenvalue weighted by Gasteiger charge is -2.15. The standard InChI is InChI=1S/C22H19BrN6O3/c23-15-1-3-16(4-2-15)27-22-26-13-14-11-17(5-6-19(14)28-22)32-18-7-8-25-20(12-18)21(31)29(24)9-10-30/h1-8,11-13,30H,9-10,24H2,(H,26,27,28). The Hall–Kier alpha value is -3.60. The molecule has 4 aromatic rings. The van der Waals surface area contributed by atoms with E-state index in [1.807, 2.05) is 36.4 Å². The number of hydrogen-bond acceptors (Lipinski definition) is 8. The van der Waals surface area contributed by atoms with Crippen LogP contribution in [0.1, 0.15) is 10.5 Å². The number of nitrogens with one attached hydrogen (secondary N) is 1. The predicted molar refractivity (Wildman–Crippen MR) is 124 cm³/mol. The van der Waals surface area contributed by atoms with E-state index in [4.69, 9.17) is 15.7 Å². The van der Waals surface area contributed by atoms with Crippen LogP contribution in [0.3, 0.4) is 0 Å². The van der Waals surface area contributed by atoms with Gasteiger partial charge in [-0.15, -0.1) is 0 Å². The van der Waals surface area contributed by atoms with Gasteiger partial charge in [0.25, 0.3) is 5.91 Å². The molecule has 4 N–H and O–H groups in total. The van der Waals surface area contributed by atoms with E-state index >= 15 is 0 Å². The number of carbonyl (C=O) groups is 1. The maximum Gasteiger partial charge on any atom is 0.286 e. The van der Waals surface area contributed by atoms with Crippen molar-refractivity contribution in [3.05, 3.63) is 77.2 Å². The van der Waals surface area contributed by atoms with Gasteiger partial charge in [0.05, 0.1) is 18.7 Å². The van der Waals surface area contributed by atoms with Gasteiger partial charge >= 0.3 is 0 Å². The largest absolute Gasteiger partial charge is 0.457 e. The van der Waals surface area contributed by atoms with Gasteiger partial charge in [-0.3, -0.25) is 14.8 Å². The zero-order valence-corrected chi connectivity index (χ0v) is 18.4. The fourth-order valence-corrected chi connectivity index (χ4v) is 3.15. The number of aromatic nitrogens is 3. The van der Waals surface area contributed by atoms with Crippen molar-refractivity contribution in [3.8, 4) is 11.5 Å². The summed E-state index contributed by atoms with van der Waals surface area (Å²) in [5.74, 6) is 6.57. The topological polar surface area (TPSA) is 126 Å². The zero-order chi connectivity index (χ0) is 22.5. The molecular weight excluding hydrogens is 476 g/mol. The number of pyridine rings is 1. The molecule has 0 bridgehead atoms. The Labute approximate surface area is 192 Å². The smallest absolute Gasteiger partial charge is 0.286 e. The number of nitrogens with zero attached hydrogens (tertiary/aromatic N) is 4. The lowest BCUT2D eigenvalue weighted by molar-refractivity contribution is 0.0715. The Morgan fingerprint density at radius 1 is 1.09 bits per heavy atom. The van der Waals surface area contributed by atoms with Gasteiger partial charge in [-0.05, 0) is 48.5 Å². The van der Waals surface area contributed by atoms with Gasteiger partial charge in [-0.2, -0.15) is 0 Å². The van der Waals surface area contributed by atoms with Gasteiger partial charge < -0.3 is 15.2 Å². The van der Waals surface area contributed by atoms with Crippen molar-refractivity contribution in [1.82, 2.24) is 20.0 Å². The molecule has 1 amide bonds. The summed E-state index contributed by atoms with van der Waals surface area (Å²) < 4.78 is 6.87. The van der Waals surface area contributed by atoms with Gasteiger partial charge in [0, 0.05) is 34.0 Å². The number of rotatable bonds is 7. The van der Waals surface area contributed by atoms with Gasteiger partial charge in [-0.1, -0.05) is 15.9 Å². The molecule has 0 unspecified atom stereocenters. The third kappa shape index (κ3) is 5.17. The molecule has 162 valence electrons. The van der Waals surface area contributed by atoms with Crippen molar-refractivity contribution in [2.45, 2.75) is 0 Å². The first-order valence-electron chi connectivity index (χ1n) is 9.62. The first kappa shape index (κ1) is 21.6. The highest BCUT2D eigenvalue weighted by atomic mass is 79.9. The quantitative estimate of drug-likeness (QED) is 0.202. The molecule has 10 heteroatoms. The normalized spacial score (nSPS) is 10.7. The zero-order valence-electron chi connectivity index (χ0n) is 16.8. The van der Waals surface area contributed by atoms with Gasteiger partial charge in [0.1, 0.15) is 17.2 Å². The molecule has 2 aromatic heterocycles. The molecule has 0 saturated carbocycles. The number of halogens is 1. The molecule has 2 aromatic carbocycles. The minimum atomic E-state index is -0.512. The van der Waals surface area contributed by atoms with Gasteiger partial charge in [0.2, 0.25) is 5.95 Å². The molecule has 0 spiro atoms. The number of amides is 1. The Balaban J connectivity index is 1.50. The van der Waals surface area contributed by atoms with Crippen LogP contribution in [0.25, 0.3) is 10.9 Å². The summed E-state index contributed by atoms with van der Waals surface area (Å²) in [4.78, 5) is 25.2. The lowest BCUT2D eigenvalue weighted by Crippen LogP contribution is -2.39. The molecule has 0 aliphatic rings.